The number of amides is 2. The van der Waals surface area contributed by atoms with Crippen LogP contribution in [-0.2, 0) is 11.3 Å². The molecule has 2 aromatic rings. The van der Waals surface area contributed by atoms with Gasteiger partial charge in [-0.2, -0.15) is 0 Å². The summed E-state index contributed by atoms with van der Waals surface area (Å²) in [5.41, 5.74) is 6.52. The number of thioether (sulfide) groups is 1. The van der Waals surface area contributed by atoms with E-state index in [1.165, 1.54) is 16.2 Å². The van der Waals surface area contributed by atoms with E-state index in [2.05, 4.69) is 57.9 Å². The Morgan fingerprint density at radius 2 is 1.77 bits per heavy atom. The Morgan fingerprint density at radius 1 is 1.07 bits per heavy atom. The van der Waals surface area contributed by atoms with Crippen LogP contribution in [-0.4, -0.2) is 28.6 Å². The number of imide groups is 1. The molecule has 2 heterocycles. The molecule has 4 rings (SSSR count). The number of allylic oxidation sites excluding steroid dienone is 1. The van der Waals surface area contributed by atoms with Crippen molar-refractivity contribution in [3.63, 3.8) is 0 Å². The van der Waals surface area contributed by atoms with Crippen LogP contribution in [0.15, 0.2) is 53.4 Å². The average Bonchev–Trinajstić information content (AvgIpc) is 2.95. The predicted octanol–water partition coefficient (Wildman–Crippen LogP) is 5.86. The fourth-order valence-electron chi connectivity index (χ4n) is 4.02. The third kappa shape index (κ3) is 3.58. The molecule has 0 N–H and O–H groups in total. The molecule has 2 aliphatic heterocycles. The Morgan fingerprint density at radius 3 is 2.47 bits per heavy atom. The van der Waals surface area contributed by atoms with Gasteiger partial charge in [0.2, 0.25) is 0 Å². The second-order valence-corrected chi connectivity index (χ2v) is 9.51. The highest BCUT2D eigenvalue weighted by Gasteiger charge is 2.35. The van der Waals surface area contributed by atoms with Crippen molar-refractivity contribution in [2.24, 2.45) is 0 Å². The van der Waals surface area contributed by atoms with Crippen molar-refractivity contribution in [3.8, 4) is 0 Å². The first-order valence-corrected chi connectivity index (χ1v) is 10.9. The zero-order valence-corrected chi connectivity index (χ0v) is 18.8. The molecule has 5 heteroatoms. The lowest BCUT2D eigenvalue weighted by Crippen LogP contribution is -2.42. The van der Waals surface area contributed by atoms with E-state index >= 15 is 0 Å². The van der Waals surface area contributed by atoms with Crippen molar-refractivity contribution in [2.45, 2.75) is 39.8 Å². The third-order valence-electron chi connectivity index (χ3n) is 5.95. The summed E-state index contributed by atoms with van der Waals surface area (Å²) in [5.74, 6) is -0.225. The van der Waals surface area contributed by atoms with Crippen molar-refractivity contribution in [1.82, 2.24) is 4.90 Å². The SMILES string of the molecule is CC1=CC(C)(C)N(C)c2cc(C)c(/C=C3/SC(=O)N(Cc4ccccc4)C3=O)cc21. The van der Waals surface area contributed by atoms with E-state index in [0.29, 0.717) is 11.4 Å². The van der Waals surface area contributed by atoms with E-state index < -0.39 is 0 Å². The van der Waals surface area contributed by atoms with Gasteiger partial charge in [0.25, 0.3) is 11.1 Å². The standard InChI is InChI=1S/C25H26N2O2S/c1-16-11-21-20(17(2)14-25(3,4)26(21)5)12-19(16)13-22-23(28)27(24(29)30-22)15-18-9-7-6-8-10-18/h6-14H,15H2,1-5H3/b22-13+. The molecule has 0 aromatic heterocycles. The molecular weight excluding hydrogens is 392 g/mol. The molecule has 30 heavy (non-hydrogen) atoms. The maximum atomic E-state index is 12.9. The number of aryl methyl sites for hydroxylation is 1. The van der Waals surface area contributed by atoms with Crippen LogP contribution in [0.2, 0.25) is 0 Å². The average molecular weight is 419 g/mol. The lowest BCUT2D eigenvalue weighted by atomic mass is 9.87. The second-order valence-electron chi connectivity index (χ2n) is 8.52. The predicted molar refractivity (Wildman–Crippen MR) is 125 cm³/mol. The summed E-state index contributed by atoms with van der Waals surface area (Å²) >= 11 is 1.02. The van der Waals surface area contributed by atoms with Gasteiger partial charge in [-0.1, -0.05) is 36.4 Å². The van der Waals surface area contributed by atoms with Crippen LogP contribution >= 0.6 is 11.8 Å². The molecule has 2 aromatic carbocycles. The number of carbonyl (C=O) groups is 2. The normalized spacial score (nSPS) is 19.4. The lowest BCUT2D eigenvalue weighted by molar-refractivity contribution is -0.123. The summed E-state index contributed by atoms with van der Waals surface area (Å²) in [5, 5.41) is -0.219. The summed E-state index contributed by atoms with van der Waals surface area (Å²) in [6.07, 6.45) is 4.13. The van der Waals surface area contributed by atoms with Gasteiger partial charge in [0, 0.05) is 18.3 Å². The number of hydrogen-bond acceptors (Lipinski definition) is 4. The van der Waals surface area contributed by atoms with Gasteiger partial charge in [0.15, 0.2) is 0 Å². The summed E-state index contributed by atoms with van der Waals surface area (Å²) < 4.78 is 0. The summed E-state index contributed by atoms with van der Waals surface area (Å²) in [6, 6.07) is 13.9. The minimum atomic E-state index is -0.225. The minimum absolute atomic E-state index is 0.0505. The Hall–Kier alpha value is -2.79. The lowest BCUT2D eigenvalue weighted by Gasteiger charge is -2.41. The molecule has 0 aliphatic carbocycles. The zero-order chi connectivity index (χ0) is 21.6. The monoisotopic (exact) mass is 418 g/mol. The van der Waals surface area contributed by atoms with Gasteiger partial charge in [-0.3, -0.25) is 14.5 Å². The van der Waals surface area contributed by atoms with E-state index in [1.54, 1.807) is 0 Å². The highest BCUT2D eigenvalue weighted by molar-refractivity contribution is 8.18. The molecule has 0 atom stereocenters. The van der Waals surface area contributed by atoms with E-state index in [4.69, 9.17) is 0 Å². The van der Waals surface area contributed by atoms with Gasteiger partial charge < -0.3 is 4.90 Å². The smallest absolute Gasteiger partial charge is 0.293 e. The first-order valence-electron chi connectivity index (χ1n) is 10.0. The van der Waals surface area contributed by atoms with Crippen molar-refractivity contribution >= 4 is 40.2 Å². The van der Waals surface area contributed by atoms with Crippen LogP contribution in [0.4, 0.5) is 10.5 Å². The summed E-state index contributed by atoms with van der Waals surface area (Å²) in [7, 11) is 2.11. The van der Waals surface area contributed by atoms with Crippen LogP contribution in [0.3, 0.4) is 0 Å². The summed E-state index contributed by atoms with van der Waals surface area (Å²) in [6.45, 7) is 8.87. The first kappa shape index (κ1) is 20.5. The molecule has 4 nitrogen and oxygen atoms in total. The number of likely N-dealkylation sites (N-methyl/N-ethyl adjacent to an activating group) is 1. The Labute approximate surface area is 182 Å². The molecule has 1 saturated heterocycles. The van der Waals surface area contributed by atoms with Gasteiger partial charge in [0.05, 0.1) is 17.0 Å². The Bertz CT molecular complexity index is 1100. The van der Waals surface area contributed by atoms with Gasteiger partial charge in [0.1, 0.15) is 0 Å². The van der Waals surface area contributed by atoms with E-state index in [-0.39, 0.29) is 16.7 Å². The van der Waals surface area contributed by atoms with Crippen LogP contribution in [0.1, 0.15) is 43.0 Å². The largest absolute Gasteiger partial charge is 0.365 e. The maximum Gasteiger partial charge on any atom is 0.293 e. The number of rotatable bonds is 3. The number of benzene rings is 2. The number of fused-ring (bicyclic) bond motifs is 1. The van der Waals surface area contributed by atoms with Gasteiger partial charge in [-0.25, -0.2) is 0 Å². The maximum absolute atomic E-state index is 12.9. The van der Waals surface area contributed by atoms with Gasteiger partial charge >= 0.3 is 0 Å². The van der Waals surface area contributed by atoms with Crippen molar-refractivity contribution in [3.05, 3.63) is 75.7 Å². The van der Waals surface area contributed by atoms with Crippen molar-refractivity contribution in [1.29, 1.82) is 0 Å². The molecule has 0 spiro atoms. The Balaban J connectivity index is 1.67. The topological polar surface area (TPSA) is 40.6 Å². The Kier molecular flexibility index (Phi) is 5.10. The molecule has 1 fully saturated rings. The highest BCUT2D eigenvalue weighted by Crippen LogP contribution is 2.40. The van der Waals surface area contributed by atoms with Crippen molar-refractivity contribution in [2.75, 3.05) is 11.9 Å². The number of carbonyl (C=O) groups excluding carboxylic acids is 2. The van der Waals surface area contributed by atoms with Gasteiger partial charge in [-0.15, -0.1) is 0 Å². The highest BCUT2D eigenvalue weighted by atomic mass is 32.2. The number of nitrogens with zero attached hydrogens (tertiary/aromatic N) is 2. The molecule has 0 unspecified atom stereocenters. The molecular formula is C25H26N2O2S. The fraction of sp³-hybridized carbons (Fsp3) is 0.280. The van der Waals surface area contributed by atoms with E-state index in [1.807, 2.05) is 36.4 Å². The molecule has 154 valence electrons. The van der Waals surface area contributed by atoms with Crippen LogP contribution < -0.4 is 4.90 Å². The summed E-state index contributed by atoms with van der Waals surface area (Å²) in [4.78, 5) is 29.5. The quantitative estimate of drug-likeness (QED) is 0.585. The second kappa shape index (κ2) is 7.47. The van der Waals surface area contributed by atoms with Crippen LogP contribution in [0.25, 0.3) is 11.6 Å². The number of hydrogen-bond donors (Lipinski definition) is 0. The fourth-order valence-corrected chi connectivity index (χ4v) is 4.85. The third-order valence-corrected chi connectivity index (χ3v) is 6.86. The minimum Gasteiger partial charge on any atom is -0.365 e. The zero-order valence-electron chi connectivity index (χ0n) is 18.0. The van der Waals surface area contributed by atoms with Crippen LogP contribution in [0.5, 0.6) is 0 Å². The van der Waals surface area contributed by atoms with E-state index in [0.717, 1.165) is 34.0 Å². The van der Waals surface area contributed by atoms with Crippen LogP contribution in [0, 0.1) is 6.92 Å². The molecule has 0 saturated carbocycles. The molecule has 0 radical (unpaired) electrons. The van der Waals surface area contributed by atoms with Gasteiger partial charge in [-0.05, 0) is 79.9 Å². The van der Waals surface area contributed by atoms with E-state index in [9.17, 15) is 9.59 Å². The molecule has 2 amide bonds. The number of anilines is 1. The molecule has 0 bridgehead atoms. The molecule has 2 aliphatic rings. The first-order chi connectivity index (χ1) is 14.2. The van der Waals surface area contributed by atoms with Crippen molar-refractivity contribution < 1.29 is 9.59 Å².